The van der Waals surface area contributed by atoms with Gasteiger partial charge >= 0.3 is 5.82 Å². The Labute approximate surface area is 292 Å². The van der Waals surface area contributed by atoms with Crippen LogP contribution in [-0.4, -0.2) is 19.4 Å². The Morgan fingerprint density at radius 2 is 1.31 bits per heavy atom. The highest BCUT2D eigenvalue weighted by atomic mass is 16.3. The molecule has 0 saturated heterocycles. The van der Waals surface area contributed by atoms with E-state index in [2.05, 4.69) is 138 Å². The largest absolute Gasteiger partial charge is 0.455 e. The summed E-state index contributed by atoms with van der Waals surface area (Å²) >= 11 is 0. The fourth-order valence-corrected chi connectivity index (χ4v) is 8.29. The van der Waals surface area contributed by atoms with E-state index in [4.69, 9.17) is 19.4 Å². The predicted molar refractivity (Wildman–Crippen MR) is 203 cm³/mol. The third-order valence-corrected chi connectivity index (χ3v) is 10.7. The monoisotopic (exact) mass is 656 g/mol. The maximum Gasteiger partial charge on any atom is 0.332 e. The lowest BCUT2D eigenvalue weighted by molar-refractivity contribution is -0.385. The van der Waals surface area contributed by atoms with Crippen molar-refractivity contribution in [3.8, 4) is 45.2 Å². The third-order valence-electron chi connectivity index (χ3n) is 10.7. The van der Waals surface area contributed by atoms with E-state index in [1.165, 1.54) is 11.1 Å². The Morgan fingerprint density at radius 3 is 2.22 bits per heavy atom. The average molecular weight is 657 g/mol. The molecular formula is C45H30N5O+. The van der Waals surface area contributed by atoms with Gasteiger partial charge in [0, 0.05) is 27.3 Å². The molecule has 0 fully saturated rings. The van der Waals surface area contributed by atoms with Gasteiger partial charge in [0.25, 0.3) is 0 Å². The number of H-pyrrole nitrogens is 1. The maximum absolute atomic E-state index is 6.83. The molecule has 6 nitrogen and oxygen atoms in total. The summed E-state index contributed by atoms with van der Waals surface area (Å²) in [7, 11) is 0. The van der Waals surface area contributed by atoms with Crippen molar-refractivity contribution in [3.63, 3.8) is 0 Å². The molecule has 1 aliphatic carbocycles. The standard InChI is InChI=1S/C45H29N5O/c1-45(2)32-21-8-6-16-27(32)38-39(26-14-4-3-5-15-26)48-42(49-41(38)45)31-20-12-18-29-37-30(19-13-25-36(37)51-40(29)31)44-46-33-22-9-7-17-28(33)43-47-34-23-10-11-24-35(34)50(43)44/h3-25H,1-2H3/p+1. The van der Waals surface area contributed by atoms with E-state index >= 15 is 0 Å². The number of nitrogens with zero attached hydrogens (tertiary/aromatic N) is 4. The molecule has 0 radical (unpaired) electrons. The lowest BCUT2D eigenvalue weighted by Crippen LogP contribution is -2.28. The second kappa shape index (κ2) is 10.2. The number of hydrogen-bond donors (Lipinski definition) is 0. The summed E-state index contributed by atoms with van der Waals surface area (Å²) in [6.07, 6.45) is 0. The van der Waals surface area contributed by atoms with Crippen LogP contribution >= 0.6 is 0 Å². The number of imidazole rings is 1. The first-order valence-corrected chi connectivity index (χ1v) is 17.3. The SMILES string of the molecule is CC1(C)c2ccccc2-c2c(-c3ccccc3)nc(-c3cccc4c3oc3cccc(-c5nc6ccccc6c6nc7ccccc7n56)c34)[nH+]c21. The number of hydrogen-bond acceptors (Lipinski definition) is 4. The maximum atomic E-state index is 6.83. The number of benzene rings is 6. The van der Waals surface area contributed by atoms with Crippen molar-refractivity contribution < 1.29 is 9.40 Å². The van der Waals surface area contributed by atoms with Gasteiger partial charge in [-0.15, -0.1) is 0 Å². The van der Waals surface area contributed by atoms with E-state index in [9.17, 15) is 0 Å². The number of aromatic nitrogens is 5. The van der Waals surface area contributed by atoms with Crippen molar-refractivity contribution >= 4 is 49.5 Å². The average Bonchev–Trinajstić information content (AvgIpc) is 3.83. The number of aromatic amines is 1. The molecule has 0 unspecified atom stereocenters. The highest BCUT2D eigenvalue weighted by Crippen LogP contribution is 2.50. The molecule has 11 rings (SSSR count). The number of fused-ring (bicyclic) bond motifs is 11. The molecule has 0 bridgehead atoms. The molecule has 6 heteroatoms. The number of furan rings is 1. The van der Waals surface area contributed by atoms with E-state index in [1.807, 2.05) is 24.3 Å². The van der Waals surface area contributed by atoms with Crippen LogP contribution in [0.5, 0.6) is 0 Å². The van der Waals surface area contributed by atoms with Crippen LogP contribution in [-0.2, 0) is 5.41 Å². The molecule has 51 heavy (non-hydrogen) atoms. The van der Waals surface area contributed by atoms with Gasteiger partial charge in [-0.2, -0.15) is 0 Å². The van der Waals surface area contributed by atoms with Crippen LogP contribution in [0.4, 0.5) is 0 Å². The predicted octanol–water partition coefficient (Wildman–Crippen LogP) is 10.5. The third kappa shape index (κ3) is 3.87. The zero-order valence-electron chi connectivity index (χ0n) is 28.0. The Morgan fingerprint density at radius 1 is 0.608 bits per heavy atom. The van der Waals surface area contributed by atoms with Crippen LogP contribution in [0.25, 0.3) is 94.7 Å². The van der Waals surface area contributed by atoms with Gasteiger partial charge in [-0.25, -0.2) is 15.0 Å². The van der Waals surface area contributed by atoms with Gasteiger partial charge < -0.3 is 4.42 Å². The quantitative estimate of drug-likeness (QED) is 0.190. The smallest absolute Gasteiger partial charge is 0.332 e. The molecule has 10 aromatic rings. The van der Waals surface area contributed by atoms with Gasteiger partial charge in [-0.3, -0.25) is 4.40 Å². The second-order valence-corrected chi connectivity index (χ2v) is 13.9. The summed E-state index contributed by atoms with van der Waals surface area (Å²) in [5, 5.41) is 3.03. The zero-order chi connectivity index (χ0) is 33.8. The number of para-hydroxylation sites is 4. The summed E-state index contributed by atoms with van der Waals surface area (Å²) < 4.78 is 9.03. The number of rotatable bonds is 3. The van der Waals surface area contributed by atoms with Crippen LogP contribution in [0.1, 0.15) is 25.1 Å². The van der Waals surface area contributed by atoms with Crippen molar-refractivity contribution in [2.75, 3.05) is 0 Å². The molecule has 1 N–H and O–H groups in total. The second-order valence-electron chi connectivity index (χ2n) is 13.9. The molecule has 0 atom stereocenters. The van der Waals surface area contributed by atoms with Crippen LogP contribution < -0.4 is 4.98 Å². The van der Waals surface area contributed by atoms with E-state index in [-0.39, 0.29) is 5.41 Å². The minimum absolute atomic E-state index is 0.247. The summed E-state index contributed by atoms with van der Waals surface area (Å²) in [5.74, 6) is 1.59. The summed E-state index contributed by atoms with van der Waals surface area (Å²) in [5.41, 5.74) is 13.8. The first-order chi connectivity index (χ1) is 25.1. The molecular weight excluding hydrogens is 627 g/mol. The Bertz CT molecular complexity index is 3060. The molecule has 0 amide bonds. The Balaban J connectivity index is 1.20. The lowest BCUT2D eigenvalue weighted by atomic mass is 9.85. The van der Waals surface area contributed by atoms with Crippen LogP contribution in [0.3, 0.4) is 0 Å². The summed E-state index contributed by atoms with van der Waals surface area (Å²) in [6, 6.07) is 48.3. The summed E-state index contributed by atoms with van der Waals surface area (Å²) in [4.78, 5) is 19.6. The van der Waals surface area contributed by atoms with Gasteiger partial charge in [0.2, 0.25) is 0 Å². The van der Waals surface area contributed by atoms with E-state index in [0.717, 1.165) is 94.8 Å². The fraction of sp³-hybridized carbons (Fsp3) is 0.0667. The van der Waals surface area contributed by atoms with Gasteiger partial charge in [0.15, 0.2) is 11.3 Å². The van der Waals surface area contributed by atoms with Gasteiger partial charge in [-0.05, 0) is 66.4 Å². The molecule has 4 aromatic heterocycles. The first-order valence-electron chi connectivity index (χ1n) is 17.3. The van der Waals surface area contributed by atoms with Crippen molar-refractivity contribution in [2.45, 2.75) is 19.3 Å². The van der Waals surface area contributed by atoms with Crippen LogP contribution in [0.2, 0.25) is 0 Å². The Kier molecular flexibility index (Phi) is 5.63. The van der Waals surface area contributed by atoms with Gasteiger partial charge in [0.05, 0.1) is 27.5 Å². The molecule has 4 heterocycles. The molecule has 6 aromatic carbocycles. The van der Waals surface area contributed by atoms with Crippen LogP contribution in [0, 0.1) is 0 Å². The minimum Gasteiger partial charge on any atom is -0.455 e. The molecule has 1 aliphatic rings. The molecule has 0 aliphatic heterocycles. The lowest BCUT2D eigenvalue weighted by Gasteiger charge is -2.18. The molecule has 0 spiro atoms. The first kappa shape index (κ1) is 28.2. The van der Waals surface area contributed by atoms with Crippen LogP contribution in [0.15, 0.2) is 144 Å². The Hall–Kier alpha value is -6.66. The van der Waals surface area contributed by atoms with Crippen molar-refractivity contribution in [3.05, 3.63) is 151 Å². The van der Waals surface area contributed by atoms with Crippen molar-refractivity contribution in [1.82, 2.24) is 19.4 Å². The van der Waals surface area contributed by atoms with E-state index in [1.54, 1.807) is 0 Å². The number of nitrogens with one attached hydrogen (secondary N) is 1. The van der Waals surface area contributed by atoms with E-state index < -0.39 is 0 Å². The highest BCUT2D eigenvalue weighted by Gasteiger charge is 2.43. The van der Waals surface area contributed by atoms with E-state index in [0.29, 0.717) is 0 Å². The molecule has 240 valence electrons. The zero-order valence-corrected chi connectivity index (χ0v) is 28.0. The fourth-order valence-electron chi connectivity index (χ4n) is 8.29. The summed E-state index contributed by atoms with van der Waals surface area (Å²) in [6.45, 7) is 4.58. The highest BCUT2D eigenvalue weighted by molar-refractivity contribution is 6.15. The normalized spacial score (nSPS) is 13.5. The minimum atomic E-state index is -0.247. The van der Waals surface area contributed by atoms with Crippen molar-refractivity contribution in [2.24, 2.45) is 0 Å². The topological polar surface area (TPSA) is 70.4 Å². The van der Waals surface area contributed by atoms with Gasteiger partial charge in [0.1, 0.15) is 28.3 Å². The van der Waals surface area contributed by atoms with Crippen molar-refractivity contribution in [1.29, 1.82) is 0 Å². The van der Waals surface area contributed by atoms with Gasteiger partial charge in [-0.1, -0.05) is 103 Å². The molecule has 0 saturated carbocycles.